The Kier molecular flexibility index (Phi) is 8.14. The van der Waals surface area contributed by atoms with Gasteiger partial charge >= 0.3 is 5.69 Å². The molecule has 0 aromatic heterocycles. The van der Waals surface area contributed by atoms with Crippen LogP contribution in [0, 0.1) is 10.1 Å². The van der Waals surface area contributed by atoms with Gasteiger partial charge in [-0.2, -0.15) is 0 Å². The van der Waals surface area contributed by atoms with Crippen molar-refractivity contribution in [1.82, 2.24) is 5.32 Å². The molecule has 8 heteroatoms. The maximum atomic E-state index is 12.2. The third-order valence-corrected chi connectivity index (χ3v) is 4.35. The summed E-state index contributed by atoms with van der Waals surface area (Å²) in [5.74, 6) is -0.917. The molecule has 2 rings (SSSR count). The summed E-state index contributed by atoms with van der Waals surface area (Å²) in [6.45, 7) is 1.91. The predicted molar refractivity (Wildman–Crippen MR) is 110 cm³/mol. The molecule has 0 aliphatic rings. The molecule has 0 aliphatic heterocycles. The van der Waals surface area contributed by atoms with E-state index in [0.29, 0.717) is 5.69 Å². The third-order valence-electron chi connectivity index (χ3n) is 4.35. The first-order chi connectivity index (χ1) is 13.9. The molecular weight excluding hydrogens is 374 g/mol. The highest BCUT2D eigenvalue weighted by molar-refractivity contribution is 5.99. The second-order valence-corrected chi connectivity index (χ2v) is 6.53. The first kappa shape index (κ1) is 21.9. The van der Waals surface area contributed by atoms with Crippen LogP contribution in [0.4, 0.5) is 11.4 Å². The molecule has 2 aromatic carbocycles. The average Bonchev–Trinajstić information content (AvgIpc) is 2.73. The van der Waals surface area contributed by atoms with Gasteiger partial charge < -0.3 is 15.4 Å². The molecule has 2 aromatic rings. The lowest BCUT2D eigenvalue weighted by molar-refractivity contribution is -0.385. The number of aryl methyl sites for hydroxylation is 1. The van der Waals surface area contributed by atoms with E-state index in [9.17, 15) is 19.7 Å². The number of ether oxygens (including phenoxy) is 1. The molecule has 0 aliphatic carbocycles. The van der Waals surface area contributed by atoms with Crippen molar-refractivity contribution in [3.8, 4) is 5.75 Å². The SMILES string of the molecule is CCCCCc1ccc(NC(=O)CNC(=O)c2ccc(OC)c([N+](=O)[O-])c2)cc1. The van der Waals surface area contributed by atoms with Crippen LogP contribution in [0.1, 0.15) is 42.1 Å². The molecule has 2 N–H and O–H groups in total. The number of benzene rings is 2. The van der Waals surface area contributed by atoms with E-state index in [4.69, 9.17) is 4.74 Å². The monoisotopic (exact) mass is 399 g/mol. The molecule has 0 radical (unpaired) electrons. The maximum absolute atomic E-state index is 12.2. The fourth-order valence-electron chi connectivity index (χ4n) is 2.78. The van der Waals surface area contributed by atoms with Gasteiger partial charge in [0.1, 0.15) is 0 Å². The average molecular weight is 399 g/mol. The third kappa shape index (κ3) is 6.60. The summed E-state index contributed by atoms with van der Waals surface area (Å²) >= 11 is 0. The van der Waals surface area contributed by atoms with Crippen LogP contribution in [0.15, 0.2) is 42.5 Å². The number of nitrogens with zero attached hydrogens (tertiary/aromatic N) is 1. The molecule has 0 fully saturated rings. The Bertz CT molecular complexity index is 865. The first-order valence-electron chi connectivity index (χ1n) is 9.44. The second kappa shape index (κ2) is 10.8. The van der Waals surface area contributed by atoms with E-state index >= 15 is 0 Å². The molecule has 0 saturated heterocycles. The van der Waals surface area contributed by atoms with E-state index in [1.165, 1.54) is 37.6 Å². The van der Waals surface area contributed by atoms with Gasteiger partial charge in [-0.3, -0.25) is 19.7 Å². The number of methoxy groups -OCH3 is 1. The molecule has 0 atom stereocenters. The van der Waals surface area contributed by atoms with Gasteiger partial charge in [-0.1, -0.05) is 31.9 Å². The maximum Gasteiger partial charge on any atom is 0.311 e. The van der Waals surface area contributed by atoms with Gasteiger partial charge in [0.15, 0.2) is 5.75 Å². The highest BCUT2D eigenvalue weighted by Crippen LogP contribution is 2.27. The van der Waals surface area contributed by atoms with Crippen molar-refractivity contribution in [2.24, 2.45) is 0 Å². The topological polar surface area (TPSA) is 111 Å². The summed E-state index contributed by atoms with van der Waals surface area (Å²) in [6, 6.07) is 11.5. The number of carbonyl (C=O) groups excluding carboxylic acids is 2. The van der Waals surface area contributed by atoms with Crippen molar-refractivity contribution < 1.29 is 19.2 Å². The highest BCUT2D eigenvalue weighted by atomic mass is 16.6. The number of nitro benzene ring substituents is 1. The zero-order chi connectivity index (χ0) is 21.2. The van der Waals surface area contributed by atoms with Crippen LogP contribution in [0.2, 0.25) is 0 Å². The van der Waals surface area contributed by atoms with Gasteiger partial charge in [0.2, 0.25) is 5.91 Å². The number of rotatable bonds is 10. The van der Waals surface area contributed by atoms with Crippen LogP contribution in [0.25, 0.3) is 0 Å². The van der Waals surface area contributed by atoms with Crippen LogP contribution < -0.4 is 15.4 Å². The van der Waals surface area contributed by atoms with Crippen molar-refractivity contribution in [1.29, 1.82) is 0 Å². The van der Waals surface area contributed by atoms with Crippen LogP contribution in [0.3, 0.4) is 0 Å². The molecule has 8 nitrogen and oxygen atoms in total. The summed E-state index contributed by atoms with van der Waals surface area (Å²) in [5, 5.41) is 16.2. The Morgan fingerprint density at radius 1 is 1.10 bits per heavy atom. The minimum atomic E-state index is -0.631. The van der Waals surface area contributed by atoms with Crippen LogP contribution in [-0.4, -0.2) is 30.4 Å². The van der Waals surface area contributed by atoms with E-state index in [-0.39, 0.29) is 29.5 Å². The lowest BCUT2D eigenvalue weighted by Crippen LogP contribution is -2.32. The van der Waals surface area contributed by atoms with E-state index in [1.807, 2.05) is 24.3 Å². The molecule has 2 amide bonds. The summed E-state index contributed by atoms with van der Waals surface area (Å²) in [6.07, 6.45) is 4.50. The normalized spacial score (nSPS) is 10.3. The molecule has 0 unspecified atom stereocenters. The summed E-state index contributed by atoms with van der Waals surface area (Å²) in [7, 11) is 1.31. The number of nitro groups is 1. The Labute approximate surface area is 169 Å². The van der Waals surface area contributed by atoms with Gasteiger partial charge in [-0.15, -0.1) is 0 Å². The van der Waals surface area contributed by atoms with Gasteiger partial charge in [-0.05, 0) is 42.7 Å². The standard InChI is InChI=1S/C21H25N3O5/c1-3-4-5-6-15-7-10-17(11-8-15)23-20(25)14-22-21(26)16-9-12-19(29-2)18(13-16)24(27)28/h7-13H,3-6,14H2,1-2H3,(H,22,26)(H,23,25). The summed E-state index contributed by atoms with van der Waals surface area (Å²) in [5.41, 5.74) is 1.61. The molecular formula is C21H25N3O5. The lowest BCUT2D eigenvalue weighted by atomic mass is 10.1. The zero-order valence-corrected chi connectivity index (χ0v) is 16.6. The zero-order valence-electron chi connectivity index (χ0n) is 16.6. The van der Waals surface area contributed by atoms with E-state index in [2.05, 4.69) is 17.6 Å². The molecule has 29 heavy (non-hydrogen) atoms. The first-order valence-corrected chi connectivity index (χ1v) is 9.44. The fraction of sp³-hybridized carbons (Fsp3) is 0.333. The van der Waals surface area contributed by atoms with Crippen molar-refractivity contribution >= 4 is 23.2 Å². The Morgan fingerprint density at radius 3 is 2.45 bits per heavy atom. The Hall–Kier alpha value is -3.42. The molecule has 0 saturated carbocycles. The Morgan fingerprint density at radius 2 is 1.83 bits per heavy atom. The Balaban J connectivity index is 1.88. The number of amides is 2. The molecule has 0 bridgehead atoms. The molecule has 0 heterocycles. The van der Waals surface area contributed by atoms with Crippen LogP contribution in [-0.2, 0) is 11.2 Å². The van der Waals surface area contributed by atoms with E-state index < -0.39 is 10.8 Å². The number of anilines is 1. The van der Waals surface area contributed by atoms with Gasteiger partial charge in [0.25, 0.3) is 5.91 Å². The second-order valence-electron chi connectivity index (χ2n) is 6.53. The number of hydrogen-bond acceptors (Lipinski definition) is 5. The summed E-state index contributed by atoms with van der Waals surface area (Å²) < 4.78 is 4.90. The van der Waals surface area contributed by atoms with Gasteiger partial charge in [0.05, 0.1) is 18.6 Å². The predicted octanol–water partition coefficient (Wildman–Crippen LogP) is 3.70. The molecule has 154 valence electrons. The largest absolute Gasteiger partial charge is 0.490 e. The fourth-order valence-corrected chi connectivity index (χ4v) is 2.78. The lowest BCUT2D eigenvalue weighted by Gasteiger charge is -2.09. The minimum Gasteiger partial charge on any atom is -0.490 e. The smallest absolute Gasteiger partial charge is 0.311 e. The number of hydrogen-bond donors (Lipinski definition) is 2. The van der Waals surface area contributed by atoms with Crippen LogP contribution in [0.5, 0.6) is 5.75 Å². The minimum absolute atomic E-state index is 0.0578. The number of unbranched alkanes of at least 4 members (excludes halogenated alkanes) is 2. The van der Waals surface area contributed by atoms with Crippen molar-refractivity contribution in [2.45, 2.75) is 32.6 Å². The van der Waals surface area contributed by atoms with Crippen molar-refractivity contribution in [2.75, 3.05) is 19.0 Å². The van der Waals surface area contributed by atoms with Gasteiger partial charge in [-0.25, -0.2) is 0 Å². The van der Waals surface area contributed by atoms with E-state index in [1.54, 1.807) is 0 Å². The van der Waals surface area contributed by atoms with E-state index in [0.717, 1.165) is 18.9 Å². The van der Waals surface area contributed by atoms with Crippen molar-refractivity contribution in [3.05, 3.63) is 63.7 Å². The van der Waals surface area contributed by atoms with Gasteiger partial charge in [0, 0.05) is 17.3 Å². The molecule has 0 spiro atoms. The summed E-state index contributed by atoms with van der Waals surface area (Å²) in [4.78, 5) is 34.7. The number of nitrogens with one attached hydrogen (secondary N) is 2. The quantitative estimate of drug-likeness (QED) is 0.359. The van der Waals surface area contributed by atoms with Crippen LogP contribution >= 0.6 is 0 Å². The highest BCUT2D eigenvalue weighted by Gasteiger charge is 2.18. The van der Waals surface area contributed by atoms with Crippen molar-refractivity contribution in [3.63, 3.8) is 0 Å². The number of carbonyl (C=O) groups is 2.